The molecule has 1 aromatic carbocycles. The number of imide groups is 1. The molecule has 0 aromatic heterocycles. The van der Waals surface area contributed by atoms with Crippen molar-refractivity contribution in [3.63, 3.8) is 0 Å². The Labute approximate surface area is 143 Å². The van der Waals surface area contributed by atoms with Crippen LogP contribution in [0.25, 0.3) is 0 Å². The highest BCUT2D eigenvalue weighted by Crippen LogP contribution is 2.60. The lowest BCUT2D eigenvalue weighted by Crippen LogP contribution is -2.33. The van der Waals surface area contributed by atoms with E-state index < -0.39 is 0 Å². The number of rotatable bonds is 3. The summed E-state index contributed by atoms with van der Waals surface area (Å²) in [7, 11) is 0. The number of benzene rings is 1. The SMILES string of the molecule is CCCc1ccc(N2C(=O)C3C4CCC(C4=C(C)C)C3C2=O)cc1. The van der Waals surface area contributed by atoms with Gasteiger partial charge in [-0.05, 0) is 62.6 Å². The van der Waals surface area contributed by atoms with E-state index in [1.165, 1.54) is 21.6 Å². The van der Waals surface area contributed by atoms with Crippen LogP contribution in [-0.2, 0) is 16.0 Å². The van der Waals surface area contributed by atoms with E-state index in [0.717, 1.165) is 31.4 Å². The van der Waals surface area contributed by atoms with Crippen LogP contribution in [0.2, 0.25) is 0 Å². The van der Waals surface area contributed by atoms with Crippen LogP contribution >= 0.6 is 0 Å². The lowest BCUT2D eigenvalue weighted by Gasteiger charge is -2.19. The van der Waals surface area contributed by atoms with Crippen molar-refractivity contribution in [2.75, 3.05) is 4.90 Å². The highest BCUT2D eigenvalue weighted by molar-refractivity contribution is 6.23. The third-order valence-electron chi connectivity index (χ3n) is 6.16. The van der Waals surface area contributed by atoms with Crippen LogP contribution in [0.3, 0.4) is 0 Å². The standard InChI is InChI=1S/C21H25NO2/c1-4-5-13-6-8-14(9-7-13)22-20(23)18-15-10-11-16(17(15)12(2)3)19(18)21(22)24/h6-9,15-16,18-19H,4-5,10-11H2,1-3H3. The minimum atomic E-state index is -0.114. The number of aryl methyl sites for hydroxylation is 1. The molecule has 3 nitrogen and oxygen atoms in total. The lowest BCUT2D eigenvalue weighted by molar-refractivity contribution is -0.123. The van der Waals surface area contributed by atoms with Gasteiger partial charge in [-0.25, -0.2) is 0 Å². The van der Waals surface area contributed by atoms with Crippen LogP contribution in [-0.4, -0.2) is 11.8 Å². The zero-order chi connectivity index (χ0) is 17.0. The molecule has 4 atom stereocenters. The number of nitrogens with zero attached hydrogens (tertiary/aromatic N) is 1. The van der Waals surface area contributed by atoms with Gasteiger partial charge < -0.3 is 0 Å². The number of anilines is 1. The first kappa shape index (κ1) is 15.6. The largest absolute Gasteiger partial charge is 0.274 e. The molecular weight excluding hydrogens is 298 g/mol. The summed E-state index contributed by atoms with van der Waals surface area (Å²) >= 11 is 0. The maximum absolute atomic E-state index is 13.0. The molecule has 3 heteroatoms. The Morgan fingerprint density at radius 2 is 1.54 bits per heavy atom. The highest BCUT2D eigenvalue weighted by Gasteiger charge is 2.63. The first-order valence-electron chi connectivity index (χ1n) is 9.18. The van der Waals surface area contributed by atoms with Crippen molar-refractivity contribution in [1.29, 1.82) is 0 Å². The summed E-state index contributed by atoms with van der Waals surface area (Å²) in [6.45, 7) is 6.40. The molecule has 24 heavy (non-hydrogen) atoms. The molecule has 0 N–H and O–H groups in total. The van der Waals surface area contributed by atoms with Gasteiger partial charge in [-0.15, -0.1) is 0 Å². The van der Waals surface area contributed by atoms with E-state index >= 15 is 0 Å². The van der Waals surface area contributed by atoms with E-state index in [1.807, 2.05) is 24.3 Å². The second-order valence-corrected chi connectivity index (χ2v) is 7.73. The summed E-state index contributed by atoms with van der Waals surface area (Å²) in [5, 5.41) is 0. The molecular formula is C21H25NO2. The highest BCUT2D eigenvalue weighted by atomic mass is 16.2. The maximum atomic E-state index is 13.0. The molecule has 2 saturated carbocycles. The lowest BCUT2D eigenvalue weighted by atomic mass is 9.81. The quantitative estimate of drug-likeness (QED) is 0.620. The van der Waals surface area contributed by atoms with Gasteiger partial charge in [0.25, 0.3) is 0 Å². The fraction of sp³-hybridized carbons (Fsp3) is 0.524. The second kappa shape index (κ2) is 5.58. The van der Waals surface area contributed by atoms with E-state index in [2.05, 4.69) is 20.8 Å². The summed E-state index contributed by atoms with van der Waals surface area (Å²) < 4.78 is 0. The Morgan fingerprint density at radius 1 is 1.00 bits per heavy atom. The normalized spacial score (nSPS) is 31.1. The Kier molecular flexibility index (Phi) is 3.63. The first-order valence-corrected chi connectivity index (χ1v) is 9.18. The van der Waals surface area contributed by atoms with Gasteiger partial charge in [-0.3, -0.25) is 14.5 Å². The minimum Gasteiger partial charge on any atom is -0.274 e. The van der Waals surface area contributed by atoms with Crippen molar-refractivity contribution in [2.45, 2.75) is 46.5 Å². The van der Waals surface area contributed by atoms with Gasteiger partial charge in [0.15, 0.2) is 0 Å². The zero-order valence-electron chi connectivity index (χ0n) is 14.7. The molecule has 1 saturated heterocycles. The van der Waals surface area contributed by atoms with Gasteiger partial charge in [0, 0.05) is 0 Å². The van der Waals surface area contributed by atoms with E-state index in [0.29, 0.717) is 11.8 Å². The first-order chi connectivity index (χ1) is 11.5. The van der Waals surface area contributed by atoms with Gasteiger partial charge in [0.1, 0.15) is 0 Å². The summed E-state index contributed by atoms with van der Waals surface area (Å²) in [6.07, 6.45) is 4.25. The Hall–Kier alpha value is -1.90. The third-order valence-corrected chi connectivity index (χ3v) is 6.16. The third kappa shape index (κ3) is 2.03. The van der Waals surface area contributed by atoms with Crippen molar-refractivity contribution in [1.82, 2.24) is 0 Å². The molecule has 126 valence electrons. The van der Waals surface area contributed by atoms with Crippen LogP contribution in [0.4, 0.5) is 5.69 Å². The molecule has 4 unspecified atom stereocenters. The van der Waals surface area contributed by atoms with E-state index in [9.17, 15) is 9.59 Å². The summed E-state index contributed by atoms with van der Waals surface area (Å²) in [5.41, 5.74) is 4.72. The number of carbonyl (C=O) groups excluding carboxylic acids is 2. The fourth-order valence-electron chi connectivity index (χ4n) is 5.35. The van der Waals surface area contributed by atoms with Crippen LogP contribution in [0.15, 0.2) is 35.4 Å². The van der Waals surface area contributed by atoms with Gasteiger partial charge >= 0.3 is 0 Å². The van der Waals surface area contributed by atoms with Crippen LogP contribution in [0, 0.1) is 23.7 Å². The number of carbonyl (C=O) groups is 2. The van der Waals surface area contributed by atoms with Crippen molar-refractivity contribution in [2.24, 2.45) is 23.7 Å². The maximum Gasteiger partial charge on any atom is 0.238 e. The molecule has 1 aromatic rings. The summed E-state index contributed by atoms with van der Waals surface area (Å²) in [4.78, 5) is 27.6. The number of fused-ring (bicyclic) bond motifs is 5. The Bertz CT molecular complexity index is 695. The van der Waals surface area contributed by atoms with Gasteiger partial charge in [0.2, 0.25) is 11.8 Å². The van der Waals surface area contributed by atoms with E-state index in [4.69, 9.17) is 0 Å². The smallest absolute Gasteiger partial charge is 0.238 e. The van der Waals surface area contributed by atoms with Crippen LogP contribution < -0.4 is 4.90 Å². The summed E-state index contributed by atoms with van der Waals surface area (Å²) in [6, 6.07) is 7.96. The predicted octanol–water partition coefficient (Wildman–Crippen LogP) is 4.12. The van der Waals surface area contributed by atoms with E-state index in [1.54, 1.807) is 0 Å². The number of hydrogen-bond acceptors (Lipinski definition) is 2. The molecule has 1 heterocycles. The van der Waals surface area contributed by atoms with Gasteiger partial charge in [-0.1, -0.05) is 36.6 Å². The van der Waals surface area contributed by atoms with E-state index in [-0.39, 0.29) is 23.7 Å². The monoisotopic (exact) mass is 323 g/mol. The van der Waals surface area contributed by atoms with Crippen LogP contribution in [0.5, 0.6) is 0 Å². The van der Waals surface area contributed by atoms with Gasteiger partial charge in [-0.2, -0.15) is 0 Å². The molecule has 1 aliphatic heterocycles. The van der Waals surface area contributed by atoms with Crippen LogP contribution in [0.1, 0.15) is 45.6 Å². The Balaban J connectivity index is 1.67. The molecule has 4 rings (SSSR count). The second-order valence-electron chi connectivity index (χ2n) is 7.73. The van der Waals surface area contributed by atoms with Crippen molar-refractivity contribution in [3.8, 4) is 0 Å². The molecule has 0 radical (unpaired) electrons. The molecule has 0 spiro atoms. The Morgan fingerprint density at radius 3 is 2.00 bits per heavy atom. The number of hydrogen-bond donors (Lipinski definition) is 0. The summed E-state index contributed by atoms with van der Waals surface area (Å²) in [5.74, 6) is 0.419. The average molecular weight is 323 g/mol. The molecule has 3 aliphatic rings. The molecule has 2 aliphatic carbocycles. The topological polar surface area (TPSA) is 37.4 Å². The average Bonchev–Trinajstić information content (AvgIpc) is 3.19. The van der Waals surface area contributed by atoms with Crippen molar-refractivity contribution in [3.05, 3.63) is 41.0 Å². The number of allylic oxidation sites excluding steroid dienone is 2. The predicted molar refractivity (Wildman–Crippen MR) is 94.5 cm³/mol. The fourth-order valence-corrected chi connectivity index (χ4v) is 5.35. The van der Waals surface area contributed by atoms with Crippen molar-refractivity contribution >= 4 is 17.5 Å². The zero-order valence-corrected chi connectivity index (χ0v) is 14.7. The van der Waals surface area contributed by atoms with Gasteiger partial charge in [0.05, 0.1) is 17.5 Å². The molecule has 2 amide bonds. The minimum absolute atomic E-state index is 0.0270. The molecule has 3 fully saturated rings. The number of amides is 2. The molecule has 2 bridgehead atoms. The van der Waals surface area contributed by atoms with Crippen molar-refractivity contribution < 1.29 is 9.59 Å².